The number of carbonyl (C=O) groups is 1. The van der Waals surface area contributed by atoms with Crippen molar-refractivity contribution in [3.8, 4) is 10.7 Å². The normalized spacial score (nSPS) is 10.8. The third-order valence-corrected chi connectivity index (χ3v) is 5.75. The van der Waals surface area contributed by atoms with E-state index < -0.39 is 0 Å². The van der Waals surface area contributed by atoms with Crippen LogP contribution in [0, 0.1) is 6.92 Å². The summed E-state index contributed by atoms with van der Waals surface area (Å²) in [4.78, 5) is 13.2. The molecule has 0 aliphatic rings. The molecular weight excluding hydrogens is 364 g/mol. The van der Waals surface area contributed by atoms with Gasteiger partial charge in [0.25, 0.3) is 0 Å². The highest BCUT2D eigenvalue weighted by Crippen LogP contribution is 2.26. The Bertz CT molecular complexity index is 861. The van der Waals surface area contributed by atoms with Crippen molar-refractivity contribution in [2.75, 3.05) is 11.1 Å². The number of thioether (sulfide) groups is 1. The van der Waals surface area contributed by atoms with Gasteiger partial charge in [-0.15, -0.1) is 21.5 Å². The van der Waals surface area contributed by atoms with Crippen LogP contribution in [-0.4, -0.2) is 26.4 Å². The van der Waals surface area contributed by atoms with E-state index in [0.717, 1.165) is 22.0 Å². The summed E-state index contributed by atoms with van der Waals surface area (Å²) in [5.41, 5.74) is 1.58. The molecule has 124 valence electrons. The van der Waals surface area contributed by atoms with E-state index in [0.29, 0.717) is 10.2 Å². The van der Waals surface area contributed by atoms with Crippen molar-refractivity contribution in [3.63, 3.8) is 0 Å². The van der Waals surface area contributed by atoms with Gasteiger partial charge in [0.1, 0.15) is 0 Å². The average Bonchev–Trinajstić information content (AvgIpc) is 3.19. The van der Waals surface area contributed by atoms with Crippen LogP contribution in [0.1, 0.15) is 5.56 Å². The van der Waals surface area contributed by atoms with Crippen LogP contribution in [0.25, 0.3) is 10.7 Å². The number of benzene rings is 1. The summed E-state index contributed by atoms with van der Waals surface area (Å²) in [5.74, 6) is 0.951. The number of hydrogen-bond donors (Lipinski definition) is 1. The number of rotatable bonds is 5. The third kappa shape index (κ3) is 3.63. The van der Waals surface area contributed by atoms with Crippen molar-refractivity contribution < 1.29 is 4.79 Å². The number of amides is 1. The van der Waals surface area contributed by atoms with Crippen LogP contribution in [0.15, 0.2) is 40.9 Å². The van der Waals surface area contributed by atoms with E-state index in [1.807, 2.05) is 48.2 Å². The highest BCUT2D eigenvalue weighted by molar-refractivity contribution is 7.99. The molecule has 1 N–H and O–H groups in total. The molecule has 0 atom stereocenters. The number of anilines is 1. The van der Waals surface area contributed by atoms with Crippen LogP contribution >= 0.6 is 34.7 Å². The fourth-order valence-corrected chi connectivity index (χ4v) is 3.75. The number of nitrogens with one attached hydrogen (secondary N) is 1. The first-order valence-electron chi connectivity index (χ1n) is 7.17. The van der Waals surface area contributed by atoms with Gasteiger partial charge in [-0.2, -0.15) is 0 Å². The number of aromatic nitrogens is 3. The molecule has 0 radical (unpaired) electrons. The molecule has 0 saturated heterocycles. The molecule has 2 aromatic heterocycles. The largest absolute Gasteiger partial charge is 0.325 e. The zero-order chi connectivity index (χ0) is 17.1. The van der Waals surface area contributed by atoms with E-state index in [4.69, 9.17) is 11.6 Å². The minimum atomic E-state index is -0.106. The summed E-state index contributed by atoms with van der Waals surface area (Å²) in [7, 11) is 1.90. The zero-order valence-electron chi connectivity index (χ0n) is 13.1. The second-order valence-electron chi connectivity index (χ2n) is 5.09. The second-order valence-corrected chi connectivity index (χ2v) is 7.39. The van der Waals surface area contributed by atoms with Crippen LogP contribution in [0.2, 0.25) is 5.02 Å². The fourth-order valence-electron chi connectivity index (χ4n) is 2.12. The van der Waals surface area contributed by atoms with Gasteiger partial charge in [0.2, 0.25) is 5.91 Å². The minimum absolute atomic E-state index is 0.106. The average molecular weight is 379 g/mol. The summed E-state index contributed by atoms with van der Waals surface area (Å²) in [6.45, 7) is 1.88. The molecule has 0 fully saturated rings. The molecule has 0 unspecified atom stereocenters. The Labute approximate surface area is 153 Å². The molecule has 24 heavy (non-hydrogen) atoms. The number of thiophene rings is 1. The summed E-state index contributed by atoms with van der Waals surface area (Å²) in [6, 6.07) is 9.42. The van der Waals surface area contributed by atoms with Gasteiger partial charge in [0, 0.05) is 17.8 Å². The summed E-state index contributed by atoms with van der Waals surface area (Å²) in [5, 5.41) is 14.6. The lowest BCUT2D eigenvalue weighted by Gasteiger charge is -2.09. The van der Waals surface area contributed by atoms with Crippen molar-refractivity contribution in [1.82, 2.24) is 14.8 Å². The molecule has 0 bridgehead atoms. The Morgan fingerprint density at radius 1 is 1.33 bits per heavy atom. The van der Waals surface area contributed by atoms with E-state index in [-0.39, 0.29) is 11.7 Å². The first kappa shape index (κ1) is 17.0. The Balaban J connectivity index is 1.64. The van der Waals surface area contributed by atoms with E-state index in [1.165, 1.54) is 11.8 Å². The van der Waals surface area contributed by atoms with Crippen molar-refractivity contribution in [3.05, 3.63) is 46.3 Å². The summed E-state index contributed by atoms with van der Waals surface area (Å²) in [6.07, 6.45) is 0. The number of nitrogens with zero attached hydrogens (tertiary/aromatic N) is 3. The lowest BCUT2D eigenvalue weighted by molar-refractivity contribution is -0.113. The van der Waals surface area contributed by atoms with Gasteiger partial charge in [0.05, 0.1) is 10.6 Å². The van der Waals surface area contributed by atoms with Gasteiger partial charge in [-0.25, -0.2) is 0 Å². The van der Waals surface area contributed by atoms with Crippen molar-refractivity contribution in [2.45, 2.75) is 12.1 Å². The van der Waals surface area contributed by atoms with Gasteiger partial charge in [-0.1, -0.05) is 35.5 Å². The maximum Gasteiger partial charge on any atom is 0.234 e. The molecule has 3 rings (SSSR count). The molecule has 3 aromatic rings. The number of hydrogen-bond acceptors (Lipinski definition) is 5. The quantitative estimate of drug-likeness (QED) is 0.675. The van der Waals surface area contributed by atoms with Crippen LogP contribution < -0.4 is 5.32 Å². The van der Waals surface area contributed by atoms with Gasteiger partial charge in [-0.05, 0) is 36.1 Å². The summed E-state index contributed by atoms with van der Waals surface area (Å²) < 4.78 is 1.90. The molecular formula is C16H15ClN4OS2. The van der Waals surface area contributed by atoms with Crippen LogP contribution in [0.3, 0.4) is 0 Å². The van der Waals surface area contributed by atoms with Crippen LogP contribution in [-0.2, 0) is 11.8 Å². The molecule has 8 heteroatoms. The second kappa shape index (κ2) is 7.38. The molecule has 1 aromatic carbocycles. The molecule has 2 heterocycles. The Morgan fingerprint density at radius 2 is 2.17 bits per heavy atom. The lowest BCUT2D eigenvalue weighted by Crippen LogP contribution is -2.15. The van der Waals surface area contributed by atoms with E-state index in [1.54, 1.807) is 17.4 Å². The molecule has 0 aliphatic carbocycles. The molecule has 5 nitrogen and oxygen atoms in total. The van der Waals surface area contributed by atoms with Crippen molar-refractivity contribution in [1.29, 1.82) is 0 Å². The van der Waals surface area contributed by atoms with Crippen LogP contribution in [0.4, 0.5) is 5.69 Å². The SMILES string of the molecule is Cc1c(Cl)cccc1NC(=O)CSc1nnc(-c2cccs2)n1C. The first-order chi connectivity index (χ1) is 11.6. The highest BCUT2D eigenvalue weighted by Gasteiger charge is 2.14. The van der Waals surface area contributed by atoms with Gasteiger partial charge < -0.3 is 9.88 Å². The third-order valence-electron chi connectivity index (χ3n) is 3.45. The van der Waals surface area contributed by atoms with Gasteiger partial charge in [0.15, 0.2) is 11.0 Å². The molecule has 0 saturated carbocycles. The lowest BCUT2D eigenvalue weighted by atomic mass is 10.2. The predicted octanol–water partition coefficient (Wildman–Crippen LogP) is 4.24. The molecule has 0 aliphatic heterocycles. The number of carbonyl (C=O) groups excluding carboxylic acids is 1. The molecule has 0 spiro atoms. The van der Waals surface area contributed by atoms with Gasteiger partial charge in [-0.3, -0.25) is 4.79 Å². The maximum absolute atomic E-state index is 12.2. The Morgan fingerprint density at radius 3 is 2.92 bits per heavy atom. The first-order valence-corrected chi connectivity index (χ1v) is 9.41. The summed E-state index contributed by atoms with van der Waals surface area (Å²) >= 11 is 9.03. The van der Waals surface area contributed by atoms with Crippen LogP contribution in [0.5, 0.6) is 0 Å². The van der Waals surface area contributed by atoms with Gasteiger partial charge >= 0.3 is 0 Å². The van der Waals surface area contributed by atoms with Crippen molar-refractivity contribution in [2.24, 2.45) is 7.05 Å². The highest BCUT2D eigenvalue weighted by atomic mass is 35.5. The zero-order valence-corrected chi connectivity index (χ0v) is 15.5. The number of halogens is 1. The fraction of sp³-hybridized carbons (Fsp3) is 0.188. The smallest absolute Gasteiger partial charge is 0.234 e. The molecule has 1 amide bonds. The Kier molecular flexibility index (Phi) is 5.23. The van der Waals surface area contributed by atoms with E-state index in [2.05, 4.69) is 15.5 Å². The van der Waals surface area contributed by atoms with E-state index in [9.17, 15) is 4.79 Å². The Hall–Kier alpha value is -1.83. The maximum atomic E-state index is 12.2. The standard InChI is InChI=1S/C16H15ClN4OS2/c1-10-11(17)5-3-6-12(10)18-14(22)9-24-16-20-19-15(21(16)2)13-7-4-8-23-13/h3-8H,9H2,1-2H3,(H,18,22). The monoisotopic (exact) mass is 378 g/mol. The van der Waals surface area contributed by atoms with E-state index >= 15 is 0 Å². The predicted molar refractivity (Wildman–Crippen MR) is 99.9 cm³/mol. The minimum Gasteiger partial charge on any atom is -0.325 e. The van der Waals surface area contributed by atoms with Crippen molar-refractivity contribution >= 4 is 46.3 Å². The topological polar surface area (TPSA) is 59.8 Å².